The molecule has 0 aromatic rings. The van der Waals surface area contributed by atoms with Crippen LogP contribution in [0.5, 0.6) is 0 Å². The summed E-state index contributed by atoms with van der Waals surface area (Å²) in [6.45, 7) is 2.59. The van der Waals surface area contributed by atoms with E-state index in [1.807, 2.05) is 0 Å². The van der Waals surface area contributed by atoms with E-state index in [9.17, 15) is 4.79 Å². The van der Waals surface area contributed by atoms with Crippen LogP contribution >= 0.6 is 0 Å². The van der Waals surface area contributed by atoms with Crippen molar-refractivity contribution in [3.05, 3.63) is 0 Å². The van der Waals surface area contributed by atoms with Gasteiger partial charge in [-0.15, -0.1) is 5.06 Å². The molecule has 0 spiro atoms. The molecule has 0 aliphatic carbocycles. The van der Waals surface area contributed by atoms with Crippen LogP contribution in [0.15, 0.2) is 0 Å². The van der Waals surface area contributed by atoms with E-state index in [0.717, 1.165) is 12.8 Å². The molecule has 0 bridgehead atoms. The molecule has 0 aliphatic rings. The number of hydrogen-bond donors (Lipinski definition) is 0. The van der Waals surface area contributed by atoms with Crippen molar-refractivity contribution in [2.75, 3.05) is 20.7 Å². The molecule has 0 unspecified atom stereocenters. The van der Waals surface area contributed by atoms with Crippen LogP contribution in [0, 0.1) is 0 Å². The summed E-state index contributed by atoms with van der Waals surface area (Å²) < 4.78 is 4.80. The fourth-order valence-electron chi connectivity index (χ4n) is 0.860. The molecule has 0 rings (SSSR count). The maximum atomic E-state index is 10.8. The maximum absolute atomic E-state index is 10.8. The lowest BCUT2D eigenvalue weighted by atomic mass is 10.2. The van der Waals surface area contributed by atoms with E-state index in [0.29, 0.717) is 6.61 Å². The monoisotopic (exact) mass is 189 g/mol. The SMILES string of the molecule is CCCCCCOC(=O)ON(C)C. The van der Waals surface area contributed by atoms with Gasteiger partial charge in [0, 0.05) is 14.1 Å². The Balaban J connectivity index is 3.17. The van der Waals surface area contributed by atoms with E-state index in [1.54, 1.807) is 14.1 Å². The number of unbranched alkanes of at least 4 members (excludes halogenated alkanes) is 3. The standard InChI is InChI=1S/C9H19NO3/c1-4-5-6-7-8-12-9(11)13-10(2)3/h4-8H2,1-3H3. The first-order valence-corrected chi connectivity index (χ1v) is 4.69. The Labute approximate surface area is 79.8 Å². The third-order valence-electron chi connectivity index (χ3n) is 1.47. The predicted molar refractivity (Wildman–Crippen MR) is 50.3 cm³/mol. The Morgan fingerprint density at radius 3 is 2.46 bits per heavy atom. The van der Waals surface area contributed by atoms with Crippen LogP contribution in [0.2, 0.25) is 0 Å². The highest BCUT2D eigenvalue weighted by Crippen LogP contribution is 1.99. The van der Waals surface area contributed by atoms with Gasteiger partial charge in [-0.2, -0.15) is 0 Å². The second-order valence-corrected chi connectivity index (χ2v) is 3.06. The van der Waals surface area contributed by atoms with Gasteiger partial charge in [0.05, 0.1) is 6.61 Å². The van der Waals surface area contributed by atoms with Crippen molar-refractivity contribution in [2.45, 2.75) is 32.6 Å². The first-order valence-electron chi connectivity index (χ1n) is 4.69. The van der Waals surface area contributed by atoms with Crippen LogP contribution in [-0.2, 0) is 9.57 Å². The van der Waals surface area contributed by atoms with Gasteiger partial charge in [-0.25, -0.2) is 4.79 Å². The predicted octanol–water partition coefficient (Wildman–Crippen LogP) is 2.20. The molecule has 0 aromatic heterocycles. The van der Waals surface area contributed by atoms with Crippen molar-refractivity contribution in [3.8, 4) is 0 Å². The number of nitrogens with zero attached hydrogens (tertiary/aromatic N) is 1. The highest BCUT2D eigenvalue weighted by molar-refractivity contribution is 5.59. The Hall–Kier alpha value is -0.770. The molecule has 0 radical (unpaired) electrons. The molecule has 0 saturated carbocycles. The fraction of sp³-hybridized carbons (Fsp3) is 0.889. The lowest BCUT2D eigenvalue weighted by Crippen LogP contribution is -2.19. The zero-order chi connectivity index (χ0) is 10.1. The normalized spacial score (nSPS) is 10.2. The molecular weight excluding hydrogens is 170 g/mol. The maximum Gasteiger partial charge on any atom is 0.527 e. The van der Waals surface area contributed by atoms with Gasteiger partial charge < -0.3 is 9.57 Å². The van der Waals surface area contributed by atoms with Crippen LogP contribution < -0.4 is 0 Å². The van der Waals surface area contributed by atoms with Gasteiger partial charge in [-0.05, 0) is 6.42 Å². The molecule has 0 amide bonds. The van der Waals surface area contributed by atoms with Gasteiger partial charge in [0.25, 0.3) is 0 Å². The first-order chi connectivity index (χ1) is 6.16. The van der Waals surface area contributed by atoms with Crippen molar-refractivity contribution >= 4 is 6.16 Å². The van der Waals surface area contributed by atoms with Crippen molar-refractivity contribution in [3.63, 3.8) is 0 Å². The van der Waals surface area contributed by atoms with Crippen LogP contribution in [0.25, 0.3) is 0 Å². The first kappa shape index (κ1) is 12.2. The summed E-state index contributed by atoms with van der Waals surface area (Å²) in [6, 6.07) is 0. The van der Waals surface area contributed by atoms with Crippen molar-refractivity contribution in [1.29, 1.82) is 0 Å². The van der Waals surface area contributed by atoms with Crippen molar-refractivity contribution in [2.24, 2.45) is 0 Å². The molecule has 0 atom stereocenters. The van der Waals surface area contributed by atoms with Crippen LogP contribution in [-0.4, -0.2) is 31.9 Å². The summed E-state index contributed by atoms with van der Waals surface area (Å²) in [4.78, 5) is 15.4. The number of hydroxylamine groups is 2. The van der Waals surface area contributed by atoms with Crippen LogP contribution in [0.3, 0.4) is 0 Å². The van der Waals surface area contributed by atoms with Crippen LogP contribution in [0.4, 0.5) is 4.79 Å². The van der Waals surface area contributed by atoms with Crippen molar-refractivity contribution < 1.29 is 14.4 Å². The van der Waals surface area contributed by atoms with Gasteiger partial charge in [0.2, 0.25) is 0 Å². The molecule has 4 nitrogen and oxygen atoms in total. The molecule has 78 valence electrons. The molecule has 0 fully saturated rings. The highest BCUT2D eigenvalue weighted by Gasteiger charge is 2.04. The third-order valence-corrected chi connectivity index (χ3v) is 1.47. The summed E-state index contributed by atoms with van der Waals surface area (Å²) >= 11 is 0. The van der Waals surface area contributed by atoms with Gasteiger partial charge in [0.15, 0.2) is 0 Å². The molecular formula is C9H19NO3. The van der Waals surface area contributed by atoms with Gasteiger partial charge in [-0.3, -0.25) is 0 Å². The fourth-order valence-corrected chi connectivity index (χ4v) is 0.860. The molecule has 0 heterocycles. The van der Waals surface area contributed by atoms with E-state index in [1.165, 1.54) is 17.9 Å². The summed E-state index contributed by atoms with van der Waals surface area (Å²) in [5.74, 6) is 0. The molecule has 0 N–H and O–H groups in total. The van der Waals surface area contributed by atoms with Gasteiger partial charge in [0.1, 0.15) is 0 Å². The number of rotatable bonds is 6. The quantitative estimate of drug-likeness (QED) is 0.365. The summed E-state index contributed by atoms with van der Waals surface area (Å²) in [7, 11) is 3.27. The van der Waals surface area contributed by atoms with Gasteiger partial charge in [-0.1, -0.05) is 26.2 Å². The molecule has 13 heavy (non-hydrogen) atoms. The molecule has 0 aromatic carbocycles. The summed E-state index contributed by atoms with van der Waals surface area (Å²) in [5, 5.41) is 1.31. The van der Waals surface area contributed by atoms with Gasteiger partial charge >= 0.3 is 6.16 Å². The minimum absolute atomic E-state index is 0.451. The Morgan fingerprint density at radius 1 is 1.23 bits per heavy atom. The zero-order valence-corrected chi connectivity index (χ0v) is 8.71. The van der Waals surface area contributed by atoms with E-state index in [2.05, 4.69) is 11.8 Å². The average Bonchev–Trinajstić information content (AvgIpc) is 2.02. The zero-order valence-electron chi connectivity index (χ0n) is 8.71. The minimum Gasteiger partial charge on any atom is -0.433 e. The number of hydrogen-bond acceptors (Lipinski definition) is 4. The number of ether oxygens (including phenoxy) is 1. The number of carbonyl (C=O) groups is 1. The number of carbonyl (C=O) groups excluding carboxylic acids is 1. The van der Waals surface area contributed by atoms with Crippen molar-refractivity contribution in [1.82, 2.24) is 5.06 Å². The van der Waals surface area contributed by atoms with E-state index < -0.39 is 6.16 Å². The lowest BCUT2D eigenvalue weighted by Gasteiger charge is -2.09. The van der Waals surface area contributed by atoms with E-state index >= 15 is 0 Å². The topological polar surface area (TPSA) is 38.8 Å². The average molecular weight is 189 g/mol. The van der Waals surface area contributed by atoms with E-state index in [-0.39, 0.29) is 0 Å². The third kappa shape index (κ3) is 9.14. The minimum atomic E-state index is -0.624. The Morgan fingerprint density at radius 2 is 1.92 bits per heavy atom. The lowest BCUT2D eigenvalue weighted by molar-refractivity contribution is -0.0918. The van der Waals surface area contributed by atoms with Crippen LogP contribution in [0.1, 0.15) is 32.6 Å². The molecule has 0 aliphatic heterocycles. The largest absolute Gasteiger partial charge is 0.527 e. The molecule has 0 saturated heterocycles. The smallest absolute Gasteiger partial charge is 0.433 e. The molecule has 4 heteroatoms. The van der Waals surface area contributed by atoms with E-state index in [4.69, 9.17) is 4.74 Å². The Kier molecular flexibility index (Phi) is 7.39. The highest BCUT2D eigenvalue weighted by atomic mass is 16.8. The summed E-state index contributed by atoms with van der Waals surface area (Å²) in [6.07, 6.45) is 3.76. The second kappa shape index (κ2) is 7.86. The Bertz CT molecular complexity index is 137. The second-order valence-electron chi connectivity index (χ2n) is 3.06. The summed E-state index contributed by atoms with van der Waals surface area (Å²) in [5.41, 5.74) is 0.